The van der Waals surface area contributed by atoms with Gasteiger partial charge in [0.1, 0.15) is 11.3 Å². The standard InChI is InChI=1S/C12H18N4O4/c1-12(2,18)7-15(3)11(17)8-5-4-6-9(14-13)10(8)16(19)20/h4-6,14,18H,7,13H2,1-3H3. The summed E-state index contributed by atoms with van der Waals surface area (Å²) in [5, 5.41) is 20.8. The largest absolute Gasteiger partial charge is 0.389 e. The summed E-state index contributed by atoms with van der Waals surface area (Å²) in [6, 6.07) is 4.25. The molecule has 4 N–H and O–H groups in total. The number of para-hydroxylation sites is 1. The van der Waals surface area contributed by atoms with Crippen molar-refractivity contribution in [1.82, 2.24) is 4.90 Å². The van der Waals surface area contributed by atoms with Gasteiger partial charge in [-0.3, -0.25) is 20.8 Å². The first kappa shape index (κ1) is 15.9. The Bertz CT molecular complexity index is 525. The minimum Gasteiger partial charge on any atom is -0.389 e. The van der Waals surface area contributed by atoms with Crippen LogP contribution < -0.4 is 11.3 Å². The van der Waals surface area contributed by atoms with Gasteiger partial charge in [0.25, 0.3) is 5.91 Å². The van der Waals surface area contributed by atoms with Gasteiger partial charge < -0.3 is 15.4 Å². The lowest BCUT2D eigenvalue weighted by molar-refractivity contribution is -0.384. The number of nitrogens with zero attached hydrogens (tertiary/aromatic N) is 2. The van der Waals surface area contributed by atoms with E-state index < -0.39 is 16.4 Å². The zero-order valence-electron chi connectivity index (χ0n) is 11.6. The Morgan fingerprint density at radius 3 is 2.60 bits per heavy atom. The number of hydrogen-bond donors (Lipinski definition) is 3. The smallest absolute Gasteiger partial charge is 0.306 e. The number of hydrazine groups is 1. The second-order valence-corrected chi connectivity index (χ2v) is 5.08. The lowest BCUT2D eigenvalue weighted by atomic mass is 10.1. The van der Waals surface area contributed by atoms with Gasteiger partial charge in [-0.25, -0.2) is 0 Å². The maximum Gasteiger partial charge on any atom is 0.306 e. The average molecular weight is 282 g/mol. The zero-order chi connectivity index (χ0) is 15.5. The lowest BCUT2D eigenvalue weighted by Gasteiger charge is -2.25. The van der Waals surface area contributed by atoms with E-state index in [1.54, 1.807) is 13.8 Å². The zero-order valence-corrected chi connectivity index (χ0v) is 11.6. The Morgan fingerprint density at radius 1 is 1.55 bits per heavy atom. The van der Waals surface area contributed by atoms with Crippen molar-refractivity contribution < 1.29 is 14.8 Å². The molecular weight excluding hydrogens is 264 g/mol. The first-order chi connectivity index (χ1) is 9.17. The van der Waals surface area contributed by atoms with Crippen molar-refractivity contribution in [2.75, 3.05) is 19.0 Å². The van der Waals surface area contributed by atoms with Crippen LogP contribution in [0.4, 0.5) is 11.4 Å². The summed E-state index contributed by atoms with van der Waals surface area (Å²) in [4.78, 5) is 23.9. The number of amides is 1. The highest BCUT2D eigenvalue weighted by Gasteiger charge is 2.28. The molecule has 0 saturated carbocycles. The van der Waals surface area contributed by atoms with Crippen molar-refractivity contribution in [1.29, 1.82) is 0 Å². The SMILES string of the molecule is CN(CC(C)(C)O)C(=O)c1cccc(NN)c1[N+](=O)[O-]. The maximum atomic E-state index is 12.3. The first-order valence-corrected chi connectivity index (χ1v) is 5.89. The van der Waals surface area contributed by atoms with Gasteiger partial charge in [0.15, 0.2) is 0 Å². The number of nitro benzene ring substituents is 1. The first-order valence-electron chi connectivity index (χ1n) is 5.89. The molecule has 1 aromatic rings. The Balaban J connectivity index is 3.19. The Morgan fingerprint density at radius 2 is 2.15 bits per heavy atom. The molecule has 8 nitrogen and oxygen atoms in total. The monoisotopic (exact) mass is 282 g/mol. The van der Waals surface area contributed by atoms with Crippen LogP contribution in [0.25, 0.3) is 0 Å². The topological polar surface area (TPSA) is 122 Å². The molecule has 0 aromatic heterocycles. The van der Waals surface area contributed by atoms with Crippen LogP contribution in [0.15, 0.2) is 18.2 Å². The number of aliphatic hydroxyl groups is 1. The second kappa shape index (κ2) is 5.85. The molecule has 0 bridgehead atoms. The van der Waals surface area contributed by atoms with Gasteiger partial charge in [-0.05, 0) is 26.0 Å². The van der Waals surface area contributed by atoms with E-state index in [9.17, 15) is 20.0 Å². The molecule has 0 spiro atoms. The normalized spacial score (nSPS) is 11.1. The third kappa shape index (κ3) is 3.65. The lowest BCUT2D eigenvalue weighted by Crippen LogP contribution is -2.39. The van der Waals surface area contributed by atoms with Crippen LogP contribution in [-0.2, 0) is 0 Å². The van der Waals surface area contributed by atoms with Gasteiger partial charge >= 0.3 is 5.69 Å². The molecule has 0 aliphatic heterocycles. The maximum absolute atomic E-state index is 12.3. The molecule has 8 heteroatoms. The van der Waals surface area contributed by atoms with E-state index >= 15 is 0 Å². The third-order valence-electron chi connectivity index (χ3n) is 2.58. The van der Waals surface area contributed by atoms with E-state index in [0.29, 0.717) is 0 Å². The average Bonchev–Trinajstić information content (AvgIpc) is 2.34. The van der Waals surface area contributed by atoms with E-state index in [1.807, 2.05) is 0 Å². The molecule has 0 heterocycles. The van der Waals surface area contributed by atoms with E-state index in [2.05, 4.69) is 5.43 Å². The molecule has 1 rings (SSSR count). The van der Waals surface area contributed by atoms with Crippen LogP contribution in [0.2, 0.25) is 0 Å². The quantitative estimate of drug-likeness (QED) is 0.415. The van der Waals surface area contributed by atoms with Crippen LogP contribution in [0, 0.1) is 10.1 Å². The Kier molecular flexibility index (Phi) is 4.64. The Hall–Kier alpha value is -2.19. The Labute approximate surface area is 116 Å². The number of nitrogens with two attached hydrogens (primary N) is 1. The predicted octanol–water partition coefficient (Wildman–Crippen LogP) is 0.723. The van der Waals surface area contributed by atoms with Gasteiger partial charge in [0, 0.05) is 13.6 Å². The van der Waals surface area contributed by atoms with Gasteiger partial charge in [-0.1, -0.05) is 6.07 Å². The molecule has 0 saturated heterocycles. The molecule has 1 aromatic carbocycles. The molecule has 20 heavy (non-hydrogen) atoms. The van der Waals surface area contributed by atoms with E-state index in [0.717, 1.165) is 0 Å². The predicted molar refractivity (Wildman–Crippen MR) is 74.2 cm³/mol. The fraction of sp³-hybridized carbons (Fsp3) is 0.417. The number of nitrogen functional groups attached to an aromatic ring is 1. The fourth-order valence-electron chi connectivity index (χ4n) is 1.89. The van der Waals surface area contributed by atoms with Crippen LogP contribution in [0.3, 0.4) is 0 Å². The molecule has 110 valence electrons. The second-order valence-electron chi connectivity index (χ2n) is 5.08. The molecule has 0 aliphatic carbocycles. The van der Waals surface area contributed by atoms with Gasteiger partial charge in [0.2, 0.25) is 0 Å². The van der Waals surface area contributed by atoms with Crippen molar-refractivity contribution in [2.24, 2.45) is 5.84 Å². The van der Waals surface area contributed by atoms with E-state index in [-0.39, 0.29) is 23.5 Å². The van der Waals surface area contributed by atoms with Crippen LogP contribution in [0.5, 0.6) is 0 Å². The summed E-state index contributed by atoms with van der Waals surface area (Å²) < 4.78 is 0. The minimum atomic E-state index is -1.09. The number of likely N-dealkylation sites (N-methyl/N-ethyl adjacent to an activating group) is 1. The highest BCUT2D eigenvalue weighted by atomic mass is 16.6. The molecule has 0 unspecified atom stereocenters. The summed E-state index contributed by atoms with van der Waals surface area (Å²) in [6.07, 6.45) is 0. The molecule has 0 fully saturated rings. The molecular formula is C12H18N4O4. The molecule has 0 atom stereocenters. The number of carbonyl (C=O) groups is 1. The van der Waals surface area contributed by atoms with Crippen molar-refractivity contribution in [3.05, 3.63) is 33.9 Å². The van der Waals surface area contributed by atoms with Crippen molar-refractivity contribution in [2.45, 2.75) is 19.4 Å². The van der Waals surface area contributed by atoms with Crippen LogP contribution in [0.1, 0.15) is 24.2 Å². The summed E-state index contributed by atoms with van der Waals surface area (Å²) >= 11 is 0. The minimum absolute atomic E-state index is 0.0449. The van der Waals surface area contributed by atoms with Crippen LogP contribution >= 0.6 is 0 Å². The van der Waals surface area contributed by atoms with E-state index in [4.69, 9.17) is 5.84 Å². The summed E-state index contributed by atoms with van der Waals surface area (Å²) in [6.45, 7) is 3.13. The van der Waals surface area contributed by atoms with Crippen molar-refractivity contribution in [3.63, 3.8) is 0 Å². The number of carbonyl (C=O) groups excluding carboxylic acids is 1. The summed E-state index contributed by atoms with van der Waals surface area (Å²) in [5.74, 6) is 4.66. The van der Waals surface area contributed by atoms with E-state index in [1.165, 1.54) is 30.1 Å². The van der Waals surface area contributed by atoms with Crippen molar-refractivity contribution >= 4 is 17.3 Å². The summed E-state index contributed by atoms with van der Waals surface area (Å²) in [5.41, 5.74) is 0.684. The highest BCUT2D eigenvalue weighted by molar-refractivity contribution is 6.00. The van der Waals surface area contributed by atoms with Gasteiger partial charge in [-0.2, -0.15) is 0 Å². The van der Waals surface area contributed by atoms with Gasteiger partial charge in [0.05, 0.1) is 10.5 Å². The highest BCUT2D eigenvalue weighted by Crippen LogP contribution is 2.28. The molecule has 0 radical (unpaired) electrons. The number of hydrogen-bond acceptors (Lipinski definition) is 6. The number of benzene rings is 1. The number of nitrogens with one attached hydrogen (secondary N) is 1. The third-order valence-corrected chi connectivity index (χ3v) is 2.58. The number of anilines is 1. The van der Waals surface area contributed by atoms with Crippen molar-refractivity contribution in [3.8, 4) is 0 Å². The van der Waals surface area contributed by atoms with Gasteiger partial charge in [-0.15, -0.1) is 0 Å². The number of nitro groups is 1. The molecule has 1 amide bonds. The molecule has 0 aliphatic rings. The fourth-order valence-corrected chi connectivity index (χ4v) is 1.89. The van der Waals surface area contributed by atoms with Crippen LogP contribution in [-0.4, -0.2) is 40.0 Å². The summed E-state index contributed by atoms with van der Waals surface area (Å²) in [7, 11) is 1.46. The number of rotatable bonds is 5.